The Hall–Kier alpha value is -2.82. The molecular weight excluding hydrogens is 312 g/mol. The number of carbonyl (C=O) groups excluding carboxylic acids is 1. The first-order chi connectivity index (χ1) is 12.2. The van der Waals surface area contributed by atoms with E-state index in [1.165, 1.54) is 18.1 Å². The van der Waals surface area contributed by atoms with Gasteiger partial charge in [0, 0.05) is 25.7 Å². The Morgan fingerprint density at radius 2 is 1.68 bits per heavy atom. The maximum Gasteiger partial charge on any atom is 0.221 e. The number of benzene rings is 2. The Labute approximate surface area is 149 Å². The van der Waals surface area contributed by atoms with Crippen molar-refractivity contribution in [2.45, 2.75) is 26.8 Å². The number of hydrogen-bond acceptors (Lipinski definition) is 2. The van der Waals surface area contributed by atoms with Crippen molar-refractivity contribution in [2.24, 2.45) is 4.99 Å². The Kier molecular flexibility index (Phi) is 7.50. The van der Waals surface area contributed by atoms with Crippen molar-refractivity contribution in [3.05, 3.63) is 65.7 Å². The molecule has 5 nitrogen and oxygen atoms in total. The maximum absolute atomic E-state index is 11.0. The van der Waals surface area contributed by atoms with Crippen molar-refractivity contribution in [3.63, 3.8) is 0 Å². The number of hydrogen-bond donors (Lipinski definition) is 3. The number of anilines is 1. The van der Waals surface area contributed by atoms with Gasteiger partial charge in [-0.3, -0.25) is 4.79 Å². The molecule has 2 aromatic rings. The van der Waals surface area contributed by atoms with Gasteiger partial charge in [0.15, 0.2) is 5.96 Å². The van der Waals surface area contributed by atoms with E-state index in [9.17, 15) is 4.79 Å². The smallest absolute Gasteiger partial charge is 0.221 e. The Bertz CT molecular complexity index is 681. The first kappa shape index (κ1) is 18.5. The highest BCUT2D eigenvalue weighted by Crippen LogP contribution is 2.09. The fraction of sp³-hybridized carbons (Fsp3) is 0.300. The number of carbonyl (C=O) groups is 1. The first-order valence-corrected chi connectivity index (χ1v) is 8.60. The SMILES string of the molecule is CCNC(=NCc1ccccc1)NCCc1ccc(NC(C)=O)cc1. The van der Waals surface area contributed by atoms with Crippen LogP contribution in [-0.4, -0.2) is 25.0 Å². The lowest BCUT2D eigenvalue weighted by Gasteiger charge is -2.11. The highest BCUT2D eigenvalue weighted by molar-refractivity contribution is 5.88. The lowest BCUT2D eigenvalue weighted by atomic mass is 10.1. The summed E-state index contributed by atoms with van der Waals surface area (Å²) in [5, 5.41) is 9.39. The minimum atomic E-state index is -0.0562. The van der Waals surface area contributed by atoms with E-state index < -0.39 is 0 Å². The highest BCUT2D eigenvalue weighted by atomic mass is 16.1. The highest BCUT2D eigenvalue weighted by Gasteiger charge is 2.00. The van der Waals surface area contributed by atoms with E-state index in [4.69, 9.17) is 0 Å². The second kappa shape index (κ2) is 10.1. The minimum Gasteiger partial charge on any atom is -0.357 e. The molecule has 0 aliphatic carbocycles. The number of nitrogens with zero attached hydrogens (tertiary/aromatic N) is 1. The van der Waals surface area contributed by atoms with Crippen LogP contribution in [0.15, 0.2) is 59.6 Å². The standard InChI is InChI=1S/C20H26N4O/c1-3-21-20(23-15-18-7-5-4-6-8-18)22-14-13-17-9-11-19(12-10-17)24-16(2)25/h4-12H,3,13-15H2,1-2H3,(H,24,25)(H2,21,22,23). The third-order valence-electron chi connectivity index (χ3n) is 3.59. The van der Waals surface area contributed by atoms with E-state index in [0.29, 0.717) is 6.54 Å². The molecule has 0 aliphatic heterocycles. The Morgan fingerprint density at radius 3 is 2.32 bits per heavy atom. The van der Waals surface area contributed by atoms with E-state index in [2.05, 4.69) is 40.0 Å². The van der Waals surface area contributed by atoms with E-state index in [1.54, 1.807) is 0 Å². The minimum absolute atomic E-state index is 0.0562. The van der Waals surface area contributed by atoms with Crippen LogP contribution in [0.4, 0.5) is 5.69 Å². The predicted molar refractivity (Wildman–Crippen MR) is 104 cm³/mol. The van der Waals surface area contributed by atoms with Gasteiger partial charge in [0.05, 0.1) is 6.54 Å². The van der Waals surface area contributed by atoms with Crippen LogP contribution < -0.4 is 16.0 Å². The number of guanidine groups is 1. The van der Waals surface area contributed by atoms with Crippen molar-refractivity contribution in [1.29, 1.82) is 0 Å². The van der Waals surface area contributed by atoms with Crippen LogP contribution in [0.2, 0.25) is 0 Å². The van der Waals surface area contributed by atoms with Gasteiger partial charge in [-0.25, -0.2) is 4.99 Å². The van der Waals surface area contributed by atoms with E-state index in [0.717, 1.165) is 31.2 Å². The van der Waals surface area contributed by atoms with Crippen LogP contribution in [-0.2, 0) is 17.8 Å². The van der Waals surface area contributed by atoms with Crippen LogP contribution in [0.25, 0.3) is 0 Å². The Morgan fingerprint density at radius 1 is 0.960 bits per heavy atom. The van der Waals surface area contributed by atoms with Crippen molar-refractivity contribution in [1.82, 2.24) is 10.6 Å². The molecule has 25 heavy (non-hydrogen) atoms. The molecule has 132 valence electrons. The van der Waals surface area contributed by atoms with Gasteiger partial charge in [-0.2, -0.15) is 0 Å². The van der Waals surface area contributed by atoms with Gasteiger partial charge in [0.2, 0.25) is 5.91 Å². The van der Waals surface area contributed by atoms with E-state index in [1.807, 2.05) is 42.5 Å². The Balaban J connectivity index is 1.83. The molecule has 0 aliphatic rings. The second-order valence-electron chi connectivity index (χ2n) is 5.74. The van der Waals surface area contributed by atoms with Crippen LogP contribution in [0, 0.1) is 0 Å². The molecule has 0 saturated carbocycles. The summed E-state index contributed by atoms with van der Waals surface area (Å²) in [6.07, 6.45) is 0.885. The van der Waals surface area contributed by atoms with Gasteiger partial charge in [0.1, 0.15) is 0 Å². The van der Waals surface area contributed by atoms with Gasteiger partial charge in [-0.05, 0) is 36.6 Å². The molecule has 0 bridgehead atoms. The molecule has 0 atom stereocenters. The number of nitrogens with one attached hydrogen (secondary N) is 3. The number of rotatable bonds is 7. The van der Waals surface area contributed by atoms with Gasteiger partial charge >= 0.3 is 0 Å². The van der Waals surface area contributed by atoms with Crippen LogP contribution in [0.5, 0.6) is 0 Å². The van der Waals surface area contributed by atoms with E-state index >= 15 is 0 Å². The zero-order valence-electron chi connectivity index (χ0n) is 14.9. The van der Waals surface area contributed by atoms with Gasteiger partial charge < -0.3 is 16.0 Å². The van der Waals surface area contributed by atoms with Gasteiger partial charge in [0.25, 0.3) is 0 Å². The van der Waals surface area contributed by atoms with Gasteiger partial charge in [-0.1, -0.05) is 42.5 Å². The lowest BCUT2D eigenvalue weighted by Crippen LogP contribution is -2.38. The third kappa shape index (κ3) is 7.08. The normalized spacial score (nSPS) is 11.0. The second-order valence-corrected chi connectivity index (χ2v) is 5.74. The van der Waals surface area contributed by atoms with Crippen LogP contribution in [0.3, 0.4) is 0 Å². The van der Waals surface area contributed by atoms with E-state index in [-0.39, 0.29) is 5.91 Å². The molecule has 0 spiro atoms. The molecule has 0 fully saturated rings. The molecule has 0 radical (unpaired) electrons. The average molecular weight is 338 g/mol. The quantitative estimate of drug-likeness (QED) is 0.537. The fourth-order valence-electron chi connectivity index (χ4n) is 2.38. The summed E-state index contributed by atoms with van der Waals surface area (Å²) >= 11 is 0. The molecule has 2 aromatic carbocycles. The summed E-state index contributed by atoms with van der Waals surface area (Å²) in [6, 6.07) is 18.1. The fourth-order valence-corrected chi connectivity index (χ4v) is 2.38. The van der Waals surface area contributed by atoms with Crippen molar-refractivity contribution in [3.8, 4) is 0 Å². The lowest BCUT2D eigenvalue weighted by molar-refractivity contribution is -0.114. The summed E-state index contributed by atoms with van der Waals surface area (Å²) in [4.78, 5) is 15.6. The number of aliphatic imine (C=N–C) groups is 1. The monoisotopic (exact) mass is 338 g/mol. The molecule has 1 amide bonds. The van der Waals surface area contributed by atoms with Gasteiger partial charge in [-0.15, -0.1) is 0 Å². The average Bonchev–Trinajstić information content (AvgIpc) is 2.61. The largest absolute Gasteiger partial charge is 0.357 e. The molecular formula is C20H26N4O. The van der Waals surface area contributed by atoms with Crippen LogP contribution >= 0.6 is 0 Å². The zero-order valence-corrected chi connectivity index (χ0v) is 14.9. The van der Waals surface area contributed by atoms with Crippen molar-refractivity contribution in [2.75, 3.05) is 18.4 Å². The summed E-state index contributed by atoms with van der Waals surface area (Å²) < 4.78 is 0. The molecule has 0 unspecified atom stereocenters. The topological polar surface area (TPSA) is 65.5 Å². The third-order valence-corrected chi connectivity index (χ3v) is 3.59. The summed E-state index contributed by atoms with van der Waals surface area (Å²) in [7, 11) is 0. The van der Waals surface area contributed by atoms with Crippen molar-refractivity contribution < 1.29 is 4.79 Å². The molecule has 3 N–H and O–H groups in total. The number of amides is 1. The summed E-state index contributed by atoms with van der Waals surface area (Å²) in [5.41, 5.74) is 3.22. The first-order valence-electron chi connectivity index (χ1n) is 8.60. The molecule has 5 heteroatoms. The molecule has 0 heterocycles. The molecule has 0 aromatic heterocycles. The summed E-state index contributed by atoms with van der Waals surface area (Å²) in [5.74, 6) is 0.764. The predicted octanol–water partition coefficient (Wildman–Crippen LogP) is 2.94. The van der Waals surface area contributed by atoms with Crippen LogP contribution in [0.1, 0.15) is 25.0 Å². The van der Waals surface area contributed by atoms with Crippen molar-refractivity contribution >= 4 is 17.6 Å². The zero-order chi connectivity index (χ0) is 17.9. The molecule has 2 rings (SSSR count). The maximum atomic E-state index is 11.0. The summed E-state index contributed by atoms with van der Waals surface area (Å²) in [6.45, 7) is 5.84. The molecule has 0 saturated heterocycles.